The zero-order valence-electron chi connectivity index (χ0n) is 13.5. The highest BCUT2D eigenvalue weighted by Gasteiger charge is 2.18. The lowest BCUT2D eigenvalue weighted by molar-refractivity contribution is -0.137. The summed E-state index contributed by atoms with van der Waals surface area (Å²) in [5.41, 5.74) is 1.22. The van der Waals surface area contributed by atoms with E-state index in [4.69, 9.17) is 33.0 Å². The lowest BCUT2D eigenvalue weighted by Gasteiger charge is -2.10. The first-order valence-corrected chi connectivity index (χ1v) is 8.50. The minimum atomic E-state index is -1.03. The van der Waals surface area contributed by atoms with Crippen LogP contribution in [0.1, 0.15) is 23.5 Å². The van der Waals surface area contributed by atoms with Crippen LogP contribution in [0.4, 0.5) is 0 Å². The zero-order valence-corrected chi connectivity index (χ0v) is 15.0. The predicted octanol–water partition coefficient (Wildman–Crippen LogP) is 4.43. The number of aliphatic carboxylic acids is 1. The molecule has 0 aliphatic rings. The van der Waals surface area contributed by atoms with Gasteiger partial charge in [-0.05, 0) is 30.3 Å². The van der Waals surface area contributed by atoms with E-state index in [2.05, 4.69) is 4.98 Å². The van der Waals surface area contributed by atoms with E-state index >= 15 is 0 Å². The van der Waals surface area contributed by atoms with Gasteiger partial charge in [-0.2, -0.15) is 0 Å². The largest absolute Gasteiger partial charge is 0.484 e. The van der Waals surface area contributed by atoms with Crippen LogP contribution in [-0.4, -0.2) is 26.5 Å². The van der Waals surface area contributed by atoms with E-state index < -0.39 is 5.97 Å². The number of carbonyl (C=O) groups excluding carboxylic acids is 1. The molecule has 1 aromatic heterocycles. The Morgan fingerprint density at radius 3 is 2.62 bits per heavy atom. The summed E-state index contributed by atoms with van der Waals surface area (Å²) < 4.78 is 7.07. The van der Waals surface area contributed by atoms with Gasteiger partial charge in [0.15, 0.2) is 5.82 Å². The van der Waals surface area contributed by atoms with Crippen LogP contribution < -0.4 is 4.74 Å². The molecule has 2 aromatic carbocycles. The number of fused-ring (bicyclic) bond motifs is 1. The van der Waals surface area contributed by atoms with Crippen molar-refractivity contribution in [1.82, 2.24) is 9.55 Å². The van der Waals surface area contributed by atoms with E-state index in [1.165, 1.54) is 4.57 Å². The van der Waals surface area contributed by atoms with E-state index in [0.29, 0.717) is 32.7 Å². The van der Waals surface area contributed by atoms with Gasteiger partial charge in [-0.25, -0.2) is 4.98 Å². The highest BCUT2D eigenvalue weighted by molar-refractivity contribution is 6.35. The fraction of sp³-hybridized carbons (Fsp3) is 0.167. The first-order chi connectivity index (χ1) is 12.5. The first kappa shape index (κ1) is 18.2. The molecule has 26 heavy (non-hydrogen) atoms. The summed E-state index contributed by atoms with van der Waals surface area (Å²) in [6.07, 6.45) is -0.390. The molecule has 1 heterocycles. The number of ether oxygens (including phenoxy) is 1. The van der Waals surface area contributed by atoms with Crippen molar-refractivity contribution in [3.05, 3.63) is 58.3 Å². The third-order valence-corrected chi connectivity index (χ3v) is 4.21. The standard InChI is InChI=1S/C18H14Cl2N2O4/c19-11-5-6-15(12(20)9-11)26-10-16-21-13-3-1-2-4-14(13)22(16)17(23)7-8-18(24)25/h1-6,9H,7-8,10H2,(H,24,25). The summed E-state index contributed by atoms with van der Waals surface area (Å²) in [5, 5.41) is 9.65. The predicted molar refractivity (Wildman–Crippen MR) is 98.0 cm³/mol. The van der Waals surface area contributed by atoms with E-state index in [1.807, 2.05) is 6.07 Å². The van der Waals surface area contributed by atoms with E-state index in [-0.39, 0.29) is 25.4 Å². The second-order valence-electron chi connectivity index (χ2n) is 5.50. The van der Waals surface area contributed by atoms with Crippen LogP contribution in [0.15, 0.2) is 42.5 Å². The molecule has 0 amide bonds. The molecule has 8 heteroatoms. The average Bonchev–Trinajstić information content (AvgIpc) is 2.97. The molecule has 0 atom stereocenters. The summed E-state index contributed by atoms with van der Waals surface area (Å²) in [7, 11) is 0. The minimum absolute atomic E-state index is 0.00512. The molecule has 3 rings (SSSR count). The topological polar surface area (TPSA) is 81.4 Å². The van der Waals surface area contributed by atoms with Gasteiger partial charge in [0.25, 0.3) is 0 Å². The molecule has 6 nitrogen and oxygen atoms in total. The van der Waals surface area contributed by atoms with Gasteiger partial charge in [0, 0.05) is 11.4 Å². The fourth-order valence-electron chi connectivity index (χ4n) is 2.51. The molecule has 0 spiro atoms. The molecular formula is C18H14Cl2N2O4. The van der Waals surface area contributed by atoms with Crippen LogP contribution in [0.3, 0.4) is 0 Å². The Morgan fingerprint density at radius 2 is 1.88 bits per heavy atom. The average molecular weight is 393 g/mol. The fourth-order valence-corrected chi connectivity index (χ4v) is 2.97. The third kappa shape index (κ3) is 3.98. The molecular weight excluding hydrogens is 379 g/mol. The molecule has 0 aliphatic heterocycles. The number of nitrogens with zero attached hydrogens (tertiary/aromatic N) is 2. The monoisotopic (exact) mass is 392 g/mol. The molecule has 0 bridgehead atoms. The van der Waals surface area contributed by atoms with Gasteiger partial charge >= 0.3 is 5.97 Å². The Labute approximate surface area is 158 Å². The van der Waals surface area contributed by atoms with Gasteiger partial charge in [-0.1, -0.05) is 35.3 Å². The second-order valence-corrected chi connectivity index (χ2v) is 6.35. The molecule has 0 aliphatic carbocycles. The van der Waals surface area contributed by atoms with Crippen LogP contribution in [0.25, 0.3) is 11.0 Å². The maximum Gasteiger partial charge on any atom is 0.303 e. The Balaban J connectivity index is 1.90. The molecule has 1 N–H and O–H groups in total. The SMILES string of the molecule is O=C(O)CCC(=O)n1c(COc2ccc(Cl)cc2Cl)nc2ccccc21. The Bertz CT molecular complexity index is 984. The van der Waals surface area contributed by atoms with Crippen LogP contribution in [0.5, 0.6) is 5.75 Å². The summed E-state index contributed by atoms with van der Waals surface area (Å²) >= 11 is 12.0. The molecule has 0 saturated heterocycles. The number of carboxylic acid groups (broad SMARTS) is 1. The number of imidazole rings is 1. The van der Waals surface area contributed by atoms with Crippen molar-refractivity contribution in [3.8, 4) is 5.75 Å². The summed E-state index contributed by atoms with van der Waals surface area (Å²) in [6.45, 7) is -0.00512. The van der Waals surface area contributed by atoms with Crippen LogP contribution in [-0.2, 0) is 11.4 Å². The van der Waals surface area contributed by atoms with Crippen molar-refractivity contribution in [3.63, 3.8) is 0 Å². The van der Waals surface area contributed by atoms with Gasteiger partial charge in [0.1, 0.15) is 12.4 Å². The second kappa shape index (κ2) is 7.76. The van der Waals surface area contributed by atoms with Gasteiger partial charge in [-0.3, -0.25) is 14.2 Å². The number of halogens is 2. The van der Waals surface area contributed by atoms with Crippen LogP contribution in [0.2, 0.25) is 10.0 Å². The number of carbonyl (C=O) groups is 2. The van der Waals surface area contributed by atoms with Crippen LogP contribution >= 0.6 is 23.2 Å². The van der Waals surface area contributed by atoms with E-state index in [9.17, 15) is 9.59 Å². The summed E-state index contributed by atoms with van der Waals surface area (Å²) in [5.74, 6) is -0.615. The number of carboxylic acids is 1. The lowest BCUT2D eigenvalue weighted by atomic mass is 10.2. The summed E-state index contributed by atoms with van der Waals surface area (Å²) in [6, 6.07) is 11.9. The molecule has 0 fully saturated rings. The number of hydrogen-bond acceptors (Lipinski definition) is 4. The molecule has 134 valence electrons. The van der Waals surface area contributed by atoms with Crippen molar-refractivity contribution < 1.29 is 19.4 Å². The maximum atomic E-state index is 12.5. The van der Waals surface area contributed by atoms with E-state index in [0.717, 1.165) is 0 Å². The van der Waals surface area contributed by atoms with Gasteiger partial charge in [0.05, 0.1) is 22.5 Å². The molecule has 0 unspecified atom stereocenters. The number of hydrogen-bond donors (Lipinski definition) is 1. The lowest BCUT2D eigenvalue weighted by Crippen LogP contribution is -2.17. The zero-order chi connectivity index (χ0) is 18.7. The normalized spacial score (nSPS) is 10.8. The van der Waals surface area contributed by atoms with Crippen molar-refractivity contribution in [1.29, 1.82) is 0 Å². The van der Waals surface area contributed by atoms with Crippen molar-refractivity contribution in [2.24, 2.45) is 0 Å². The third-order valence-electron chi connectivity index (χ3n) is 3.68. The molecule has 3 aromatic rings. The Hall–Kier alpha value is -2.57. The Morgan fingerprint density at radius 1 is 1.12 bits per heavy atom. The number of benzene rings is 2. The number of para-hydroxylation sites is 2. The number of aromatic nitrogens is 2. The van der Waals surface area contributed by atoms with Gasteiger partial charge < -0.3 is 9.84 Å². The molecule has 0 radical (unpaired) electrons. The van der Waals surface area contributed by atoms with Crippen molar-refractivity contribution in [2.75, 3.05) is 0 Å². The maximum absolute atomic E-state index is 12.5. The highest BCUT2D eigenvalue weighted by atomic mass is 35.5. The Kier molecular flexibility index (Phi) is 5.44. The van der Waals surface area contributed by atoms with Crippen molar-refractivity contribution >= 4 is 46.1 Å². The van der Waals surface area contributed by atoms with E-state index in [1.54, 1.807) is 36.4 Å². The quantitative estimate of drug-likeness (QED) is 0.670. The van der Waals surface area contributed by atoms with Gasteiger partial charge in [-0.15, -0.1) is 0 Å². The highest BCUT2D eigenvalue weighted by Crippen LogP contribution is 2.28. The first-order valence-electron chi connectivity index (χ1n) is 7.75. The van der Waals surface area contributed by atoms with Crippen LogP contribution in [0, 0.1) is 0 Å². The number of rotatable bonds is 6. The molecule has 0 saturated carbocycles. The smallest absolute Gasteiger partial charge is 0.303 e. The summed E-state index contributed by atoms with van der Waals surface area (Å²) in [4.78, 5) is 27.7. The minimum Gasteiger partial charge on any atom is -0.484 e. The van der Waals surface area contributed by atoms with Crippen molar-refractivity contribution in [2.45, 2.75) is 19.4 Å². The van der Waals surface area contributed by atoms with Gasteiger partial charge in [0.2, 0.25) is 5.91 Å².